The van der Waals surface area contributed by atoms with Crippen molar-refractivity contribution in [3.63, 3.8) is 0 Å². The highest BCUT2D eigenvalue weighted by Gasteiger charge is 2.31. The number of likely N-dealkylation sites (tertiary alicyclic amines) is 1. The van der Waals surface area contributed by atoms with Gasteiger partial charge in [-0.25, -0.2) is 4.79 Å². The molecule has 0 bridgehead atoms. The third kappa shape index (κ3) is 2.46. The van der Waals surface area contributed by atoms with Crippen molar-refractivity contribution in [2.45, 2.75) is 25.3 Å². The van der Waals surface area contributed by atoms with Crippen molar-refractivity contribution < 1.29 is 14.7 Å². The summed E-state index contributed by atoms with van der Waals surface area (Å²) in [6, 6.07) is 9.53. The number of hydrogen-bond acceptors (Lipinski definition) is 2. The van der Waals surface area contributed by atoms with E-state index in [0.717, 1.165) is 24.8 Å². The van der Waals surface area contributed by atoms with Gasteiger partial charge in [0, 0.05) is 6.54 Å². The fraction of sp³-hybridized carbons (Fsp3) is 0.385. The highest BCUT2D eigenvalue weighted by Crippen LogP contribution is 2.30. The van der Waals surface area contributed by atoms with E-state index in [1.165, 1.54) is 4.90 Å². The van der Waals surface area contributed by atoms with Gasteiger partial charge in [0.15, 0.2) is 0 Å². The Morgan fingerprint density at radius 1 is 1.18 bits per heavy atom. The average Bonchev–Trinajstić information content (AvgIpc) is 2.39. The van der Waals surface area contributed by atoms with E-state index in [-0.39, 0.29) is 6.04 Å². The molecule has 4 nitrogen and oxygen atoms in total. The lowest BCUT2D eigenvalue weighted by Gasteiger charge is -2.34. The molecule has 1 fully saturated rings. The van der Waals surface area contributed by atoms with Gasteiger partial charge >= 0.3 is 11.9 Å². The van der Waals surface area contributed by atoms with Gasteiger partial charge in [0.1, 0.15) is 0 Å². The van der Waals surface area contributed by atoms with E-state index in [1.54, 1.807) is 0 Å². The molecule has 1 heterocycles. The maximum Gasteiger partial charge on any atom is 0.394 e. The molecule has 4 heteroatoms. The van der Waals surface area contributed by atoms with Crippen LogP contribution in [-0.4, -0.2) is 28.4 Å². The van der Waals surface area contributed by atoms with Crippen molar-refractivity contribution in [3.8, 4) is 0 Å². The molecule has 17 heavy (non-hydrogen) atoms. The molecule has 2 rings (SSSR count). The Morgan fingerprint density at radius 3 is 2.53 bits per heavy atom. The molecule has 1 unspecified atom stereocenters. The van der Waals surface area contributed by atoms with E-state index in [9.17, 15) is 9.59 Å². The topological polar surface area (TPSA) is 57.6 Å². The SMILES string of the molecule is O=C(O)C(=O)N1CCCCC1c1ccccc1. The van der Waals surface area contributed by atoms with Crippen LogP contribution in [0.2, 0.25) is 0 Å². The molecule has 90 valence electrons. The molecule has 1 aromatic rings. The first-order valence-electron chi connectivity index (χ1n) is 5.79. The average molecular weight is 233 g/mol. The third-order valence-electron chi connectivity index (χ3n) is 3.13. The van der Waals surface area contributed by atoms with Gasteiger partial charge in [-0.3, -0.25) is 4.79 Å². The predicted octanol–water partition coefficient (Wildman–Crippen LogP) is 1.82. The van der Waals surface area contributed by atoms with Gasteiger partial charge in [0.2, 0.25) is 0 Å². The zero-order chi connectivity index (χ0) is 12.3. The molecule has 1 aliphatic rings. The van der Waals surface area contributed by atoms with Crippen LogP contribution in [0.4, 0.5) is 0 Å². The smallest absolute Gasteiger partial charge is 0.394 e. The monoisotopic (exact) mass is 233 g/mol. The van der Waals surface area contributed by atoms with Crippen LogP contribution in [0, 0.1) is 0 Å². The predicted molar refractivity (Wildman–Crippen MR) is 62.4 cm³/mol. The summed E-state index contributed by atoms with van der Waals surface area (Å²) in [5.74, 6) is -2.16. The zero-order valence-electron chi connectivity index (χ0n) is 9.50. The Hall–Kier alpha value is -1.84. The van der Waals surface area contributed by atoms with Crippen LogP contribution in [0.3, 0.4) is 0 Å². The fourth-order valence-corrected chi connectivity index (χ4v) is 2.32. The lowest BCUT2D eigenvalue weighted by Crippen LogP contribution is -2.42. The summed E-state index contributed by atoms with van der Waals surface area (Å²) in [7, 11) is 0. The fourth-order valence-electron chi connectivity index (χ4n) is 2.32. The van der Waals surface area contributed by atoms with Gasteiger partial charge in [-0.2, -0.15) is 0 Å². The lowest BCUT2D eigenvalue weighted by molar-refractivity contribution is -0.158. The summed E-state index contributed by atoms with van der Waals surface area (Å²) in [6.45, 7) is 0.532. The number of carboxylic acid groups (broad SMARTS) is 1. The molecule has 0 spiro atoms. The Morgan fingerprint density at radius 2 is 1.88 bits per heavy atom. The number of carbonyl (C=O) groups is 2. The van der Waals surface area contributed by atoms with E-state index in [4.69, 9.17) is 5.11 Å². The van der Waals surface area contributed by atoms with Gasteiger partial charge < -0.3 is 10.0 Å². The second-order valence-corrected chi connectivity index (χ2v) is 4.23. The summed E-state index contributed by atoms with van der Waals surface area (Å²) in [5.41, 5.74) is 1.02. The van der Waals surface area contributed by atoms with E-state index in [0.29, 0.717) is 6.54 Å². The summed E-state index contributed by atoms with van der Waals surface area (Å²) >= 11 is 0. The molecular formula is C13H15NO3. The Bertz CT molecular complexity index is 416. The molecule has 0 aliphatic carbocycles. The summed E-state index contributed by atoms with van der Waals surface area (Å²) in [6.07, 6.45) is 2.74. The van der Waals surface area contributed by atoms with E-state index < -0.39 is 11.9 Å². The van der Waals surface area contributed by atoms with Crippen LogP contribution < -0.4 is 0 Å². The van der Waals surface area contributed by atoms with Crippen LogP contribution in [0.25, 0.3) is 0 Å². The third-order valence-corrected chi connectivity index (χ3v) is 3.13. The number of rotatable bonds is 1. The first kappa shape index (κ1) is 11.6. The molecule has 1 amide bonds. The van der Waals surface area contributed by atoms with Crippen molar-refractivity contribution in [1.29, 1.82) is 0 Å². The lowest BCUT2D eigenvalue weighted by atomic mass is 9.95. The van der Waals surface area contributed by atoms with Crippen LogP contribution in [-0.2, 0) is 9.59 Å². The highest BCUT2D eigenvalue weighted by atomic mass is 16.4. The minimum atomic E-state index is -1.37. The van der Waals surface area contributed by atoms with Crippen molar-refractivity contribution in [2.75, 3.05) is 6.54 Å². The van der Waals surface area contributed by atoms with Crippen molar-refractivity contribution in [3.05, 3.63) is 35.9 Å². The molecule has 1 N–H and O–H groups in total. The van der Waals surface area contributed by atoms with Gasteiger partial charge in [-0.05, 0) is 24.8 Å². The Kier molecular flexibility index (Phi) is 3.42. The summed E-state index contributed by atoms with van der Waals surface area (Å²) < 4.78 is 0. The second-order valence-electron chi connectivity index (χ2n) is 4.23. The first-order chi connectivity index (χ1) is 8.20. The second kappa shape index (κ2) is 4.99. The number of piperidine rings is 1. The van der Waals surface area contributed by atoms with E-state index >= 15 is 0 Å². The number of amides is 1. The number of carboxylic acids is 1. The number of aliphatic carboxylic acids is 1. The molecule has 1 aromatic carbocycles. The minimum Gasteiger partial charge on any atom is -0.474 e. The molecule has 0 aromatic heterocycles. The number of benzene rings is 1. The summed E-state index contributed by atoms with van der Waals surface area (Å²) in [5, 5.41) is 8.81. The van der Waals surface area contributed by atoms with Crippen LogP contribution in [0.1, 0.15) is 30.9 Å². The molecule has 0 saturated carbocycles. The Labute approximate surface area is 99.9 Å². The van der Waals surface area contributed by atoms with Gasteiger partial charge in [0.25, 0.3) is 0 Å². The van der Waals surface area contributed by atoms with Crippen molar-refractivity contribution in [1.82, 2.24) is 4.90 Å². The van der Waals surface area contributed by atoms with E-state index in [2.05, 4.69) is 0 Å². The largest absolute Gasteiger partial charge is 0.474 e. The van der Waals surface area contributed by atoms with Gasteiger partial charge in [-0.15, -0.1) is 0 Å². The Balaban J connectivity index is 2.24. The maximum atomic E-state index is 11.6. The number of hydrogen-bond donors (Lipinski definition) is 1. The van der Waals surface area contributed by atoms with Gasteiger partial charge in [0.05, 0.1) is 6.04 Å². The molecule has 1 atom stereocenters. The number of nitrogens with zero attached hydrogens (tertiary/aromatic N) is 1. The van der Waals surface area contributed by atoms with Crippen molar-refractivity contribution in [2.24, 2.45) is 0 Å². The van der Waals surface area contributed by atoms with Crippen molar-refractivity contribution >= 4 is 11.9 Å². The molecular weight excluding hydrogens is 218 g/mol. The van der Waals surface area contributed by atoms with Crippen LogP contribution >= 0.6 is 0 Å². The normalized spacial score (nSPS) is 20.0. The maximum absolute atomic E-state index is 11.6. The molecule has 1 saturated heterocycles. The molecule has 1 aliphatic heterocycles. The van der Waals surface area contributed by atoms with Crippen LogP contribution in [0.15, 0.2) is 30.3 Å². The standard InChI is InChI=1S/C13H15NO3/c15-12(13(16)17)14-9-5-4-8-11(14)10-6-2-1-3-7-10/h1-3,6-7,11H,4-5,8-9H2,(H,16,17). The van der Waals surface area contributed by atoms with Gasteiger partial charge in [-0.1, -0.05) is 30.3 Å². The zero-order valence-corrected chi connectivity index (χ0v) is 9.50. The first-order valence-corrected chi connectivity index (χ1v) is 5.79. The minimum absolute atomic E-state index is 0.0893. The summed E-state index contributed by atoms with van der Waals surface area (Å²) in [4.78, 5) is 23.9. The quantitative estimate of drug-likeness (QED) is 0.753. The highest BCUT2D eigenvalue weighted by molar-refractivity contribution is 6.31. The van der Waals surface area contributed by atoms with Crippen LogP contribution in [0.5, 0.6) is 0 Å². The number of carbonyl (C=O) groups excluding carboxylic acids is 1. The molecule has 0 radical (unpaired) electrons. The van der Waals surface area contributed by atoms with E-state index in [1.807, 2.05) is 30.3 Å².